The summed E-state index contributed by atoms with van der Waals surface area (Å²) in [6.07, 6.45) is 2.65. The first-order valence-electron chi connectivity index (χ1n) is 7.59. The molecule has 2 heterocycles. The SMILES string of the molecule is COC(=O)Nc1cn2cc(S(=O)c3cccc(NC(C)=O)c3)ccc2n1. The minimum absolute atomic E-state index is 0.196. The Hall–Kier alpha value is -3.20. The van der Waals surface area contributed by atoms with Crippen LogP contribution in [-0.2, 0) is 20.3 Å². The molecule has 26 heavy (non-hydrogen) atoms. The molecule has 0 saturated heterocycles. The number of hydrogen-bond donors (Lipinski definition) is 2. The minimum Gasteiger partial charge on any atom is -0.453 e. The van der Waals surface area contributed by atoms with Crippen molar-refractivity contribution >= 4 is 40.0 Å². The van der Waals surface area contributed by atoms with Crippen LogP contribution < -0.4 is 10.6 Å². The van der Waals surface area contributed by atoms with Crippen LogP contribution in [0.4, 0.5) is 16.3 Å². The molecule has 2 amide bonds. The molecule has 0 aliphatic heterocycles. The molecule has 3 aromatic rings. The Morgan fingerprint density at radius 3 is 2.65 bits per heavy atom. The summed E-state index contributed by atoms with van der Waals surface area (Å²) >= 11 is 0. The number of pyridine rings is 1. The first-order chi connectivity index (χ1) is 12.5. The van der Waals surface area contributed by atoms with Crippen molar-refractivity contribution in [2.75, 3.05) is 17.7 Å². The highest BCUT2D eigenvalue weighted by Crippen LogP contribution is 2.21. The number of nitrogens with one attached hydrogen (secondary N) is 2. The smallest absolute Gasteiger partial charge is 0.412 e. The highest BCUT2D eigenvalue weighted by molar-refractivity contribution is 7.85. The minimum atomic E-state index is -1.44. The number of fused-ring (bicyclic) bond motifs is 1. The van der Waals surface area contributed by atoms with Gasteiger partial charge in [0.25, 0.3) is 0 Å². The lowest BCUT2D eigenvalue weighted by molar-refractivity contribution is -0.114. The number of carbonyl (C=O) groups excluding carboxylic acids is 2. The summed E-state index contributed by atoms with van der Waals surface area (Å²) in [5.41, 5.74) is 1.17. The largest absolute Gasteiger partial charge is 0.453 e. The van der Waals surface area contributed by atoms with Crippen molar-refractivity contribution in [3.8, 4) is 0 Å². The van der Waals surface area contributed by atoms with E-state index in [0.717, 1.165) is 0 Å². The van der Waals surface area contributed by atoms with Crippen LogP contribution in [0.2, 0.25) is 0 Å². The summed E-state index contributed by atoms with van der Waals surface area (Å²) in [4.78, 5) is 27.8. The maximum Gasteiger partial charge on any atom is 0.412 e. The Labute approximate surface area is 151 Å². The molecule has 2 N–H and O–H groups in total. The molecule has 0 fully saturated rings. The van der Waals surface area contributed by atoms with Crippen molar-refractivity contribution in [1.82, 2.24) is 9.38 Å². The molecule has 0 radical (unpaired) electrons. The molecule has 9 heteroatoms. The summed E-state index contributed by atoms with van der Waals surface area (Å²) < 4.78 is 19.0. The van der Waals surface area contributed by atoms with Crippen molar-refractivity contribution < 1.29 is 18.5 Å². The molecule has 0 saturated carbocycles. The third kappa shape index (κ3) is 3.89. The van der Waals surface area contributed by atoms with Crippen LogP contribution in [0.3, 0.4) is 0 Å². The highest BCUT2D eigenvalue weighted by atomic mass is 32.2. The van der Waals surface area contributed by atoms with E-state index in [1.807, 2.05) is 0 Å². The molecule has 0 aliphatic rings. The van der Waals surface area contributed by atoms with Crippen molar-refractivity contribution in [3.05, 3.63) is 48.8 Å². The Kier molecular flexibility index (Phi) is 4.99. The zero-order valence-corrected chi connectivity index (χ0v) is 14.9. The number of ether oxygens (including phenoxy) is 1. The molecule has 8 nitrogen and oxygen atoms in total. The number of benzene rings is 1. The van der Waals surface area contributed by atoms with Gasteiger partial charge in [0.1, 0.15) is 5.65 Å². The molecule has 134 valence electrons. The first-order valence-corrected chi connectivity index (χ1v) is 8.74. The van der Waals surface area contributed by atoms with E-state index >= 15 is 0 Å². The number of imidazole rings is 1. The van der Waals surface area contributed by atoms with Crippen molar-refractivity contribution in [3.63, 3.8) is 0 Å². The number of rotatable bonds is 4. The van der Waals surface area contributed by atoms with Gasteiger partial charge in [-0.25, -0.2) is 14.0 Å². The second-order valence-corrected chi connectivity index (χ2v) is 6.83. The van der Waals surface area contributed by atoms with E-state index < -0.39 is 16.9 Å². The molecule has 2 aromatic heterocycles. The van der Waals surface area contributed by atoms with Gasteiger partial charge in [-0.1, -0.05) is 6.07 Å². The third-order valence-electron chi connectivity index (χ3n) is 3.42. The number of hydrogen-bond acceptors (Lipinski definition) is 5. The number of carbonyl (C=O) groups is 2. The van der Waals surface area contributed by atoms with Crippen LogP contribution in [0.5, 0.6) is 0 Å². The van der Waals surface area contributed by atoms with Crippen LogP contribution in [0.15, 0.2) is 58.6 Å². The standard InChI is InChI=1S/C17H16N4O4S/c1-11(22)18-12-4-3-5-13(8-12)26(24)14-6-7-16-19-15(10-21(16)9-14)20-17(23)25-2/h3-10H,1-2H3,(H,18,22)(H,20,23). The lowest BCUT2D eigenvalue weighted by atomic mass is 10.3. The van der Waals surface area contributed by atoms with E-state index in [-0.39, 0.29) is 5.91 Å². The van der Waals surface area contributed by atoms with Gasteiger partial charge >= 0.3 is 6.09 Å². The Morgan fingerprint density at radius 2 is 1.92 bits per heavy atom. The van der Waals surface area contributed by atoms with Crippen LogP contribution in [0.1, 0.15) is 6.92 Å². The van der Waals surface area contributed by atoms with Crippen LogP contribution in [0, 0.1) is 0 Å². The second kappa shape index (κ2) is 7.36. The topological polar surface area (TPSA) is 102 Å². The van der Waals surface area contributed by atoms with Gasteiger partial charge in [-0.3, -0.25) is 10.1 Å². The zero-order chi connectivity index (χ0) is 18.7. The van der Waals surface area contributed by atoms with Gasteiger partial charge in [-0.15, -0.1) is 0 Å². The van der Waals surface area contributed by atoms with Gasteiger partial charge in [0, 0.05) is 23.7 Å². The van der Waals surface area contributed by atoms with Gasteiger partial charge in [-0.05, 0) is 30.3 Å². The van der Waals surface area contributed by atoms with Gasteiger partial charge in [0.15, 0.2) is 5.82 Å². The molecule has 0 aliphatic carbocycles. The van der Waals surface area contributed by atoms with E-state index in [0.29, 0.717) is 26.9 Å². The Balaban J connectivity index is 1.88. The molecule has 0 spiro atoms. The lowest BCUT2D eigenvalue weighted by Crippen LogP contribution is -2.10. The Bertz CT molecular complexity index is 1010. The van der Waals surface area contributed by atoms with Crippen LogP contribution in [0.25, 0.3) is 5.65 Å². The highest BCUT2D eigenvalue weighted by Gasteiger charge is 2.11. The van der Waals surface area contributed by atoms with E-state index in [4.69, 9.17) is 0 Å². The molecular formula is C17H16N4O4S. The summed E-state index contributed by atoms with van der Waals surface area (Å²) in [6, 6.07) is 10.3. The zero-order valence-electron chi connectivity index (χ0n) is 14.1. The second-order valence-electron chi connectivity index (χ2n) is 5.35. The van der Waals surface area contributed by atoms with Gasteiger partial charge in [0.05, 0.1) is 29.0 Å². The van der Waals surface area contributed by atoms with Gasteiger partial charge in [0.2, 0.25) is 5.91 Å². The normalized spacial score (nSPS) is 11.8. The van der Waals surface area contributed by atoms with E-state index in [2.05, 4.69) is 20.4 Å². The molecule has 1 aromatic carbocycles. The fourth-order valence-electron chi connectivity index (χ4n) is 2.33. The molecular weight excluding hydrogens is 356 g/mol. The van der Waals surface area contributed by atoms with Gasteiger partial charge in [-0.2, -0.15) is 0 Å². The molecule has 0 bridgehead atoms. The number of aromatic nitrogens is 2. The van der Waals surface area contributed by atoms with Crippen LogP contribution in [-0.4, -0.2) is 32.7 Å². The number of anilines is 2. The molecule has 1 atom stereocenters. The van der Waals surface area contributed by atoms with Crippen LogP contribution >= 0.6 is 0 Å². The molecule has 3 rings (SSSR count). The number of nitrogens with zero attached hydrogens (tertiary/aromatic N) is 2. The third-order valence-corrected chi connectivity index (χ3v) is 4.77. The van der Waals surface area contributed by atoms with E-state index in [1.165, 1.54) is 14.0 Å². The predicted octanol–water partition coefficient (Wildman–Crippen LogP) is 2.64. The fraction of sp³-hybridized carbons (Fsp3) is 0.118. The predicted molar refractivity (Wildman–Crippen MR) is 96.6 cm³/mol. The molecule has 1 unspecified atom stereocenters. The average molecular weight is 372 g/mol. The summed E-state index contributed by atoms with van der Waals surface area (Å²) in [5, 5.41) is 5.15. The summed E-state index contributed by atoms with van der Waals surface area (Å²) in [7, 11) is -0.178. The summed E-state index contributed by atoms with van der Waals surface area (Å²) in [5.74, 6) is 0.130. The maximum absolute atomic E-state index is 12.8. The average Bonchev–Trinajstić information content (AvgIpc) is 3.01. The lowest BCUT2D eigenvalue weighted by Gasteiger charge is -2.06. The van der Waals surface area contributed by atoms with Gasteiger partial charge < -0.3 is 14.5 Å². The first kappa shape index (κ1) is 17.6. The van der Waals surface area contributed by atoms with E-state index in [1.54, 1.807) is 53.2 Å². The maximum atomic E-state index is 12.8. The Morgan fingerprint density at radius 1 is 1.12 bits per heavy atom. The quantitative estimate of drug-likeness (QED) is 0.733. The van der Waals surface area contributed by atoms with Crippen molar-refractivity contribution in [1.29, 1.82) is 0 Å². The van der Waals surface area contributed by atoms with Crippen molar-refractivity contribution in [2.24, 2.45) is 0 Å². The summed E-state index contributed by atoms with van der Waals surface area (Å²) in [6.45, 7) is 1.41. The van der Waals surface area contributed by atoms with E-state index in [9.17, 15) is 13.8 Å². The van der Waals surface area contributed by atoms with Crippen molar-refractivity contribution in [2.45, 2.75) is 16.7 Å². The monoisotopic (exact) mass is 372 g/mol. The fourth-order valence-corrected chi connectivity index (χ4v) is 3.43. The number of amides is 2. The number of methoxy groups -OCH3 is 1.